The van der Waals surface area contributed by atoms with E-state index in [0.29, 0.717) is 5.92 Å². The van der Waals surface area contributed by atoms with Crippen LogP contribution in [0.2, 0.25) is 0 Å². The van der Waals surface area contributed by atoms with Gasteiger partial charge in [-0.05, 0) is 83.3 Å². The van der Waals surface area contributed by atoms with Gasteiger partial charge in [0.1, 0.15) is 17.0 Å². The molecule has 2 aromatic heterocycles. The van der Waals surface area contributed by atoms with E-state index in [-0.39, 0.29) is 0 Å². The molecule has 0 N–H and O–H groups in total. The van der Waals surface area contributed by atoms with Gasteiger partial charge >= 0.3 is 0 Å². The van der Waals surface area contributed by atoms with Crippen LogP contribution in [0.25, 0.3) is 72.3 Å². The SMILES string of the molecule is C1=CCC(c2ccc3oc4c(-c5cccc(-c6nc7ccccc7n6-c6ccccc6)c5)cc(-c5ccccc5)cc4c3c2)C=C1. The van der Waals surface area contributed by atoms with E-state index in [1.54, 1.807) is 0 Å². The number of benzene rings is 6. The molecule has 0 radical (unpaired) electrons. The van der Waals surface area contributed by atoms with Crippen molar-refractivity contribution in [3.8, 4) is 39.3 Å². The number of allylic oxidation sites excluding steroid dienone is 4. The highest BCUT2D eigenvalue weighted by molar-refractivity contribution is 6.11. The third-order valence-electron chi connectivity index (χ3n) is 9.12. The molecule has 6 aromatic carbocycles. The van der Waals surface area contributed by atoms with E-state index >= 15 is 0 Å². The summed E-state index contributed by atoms with van der Waals surface area (Å²) in [5.74, 6) is 1.28. The fraction of sp³-hybridized carbons (Fsp3) is 0.0465. The predicted octanol–water partition coefficient (Wildman–Crippen LogP) is 11.5. The zero-order valence-electron chi connectivity index (χ0n) is 25.2. The second kappa shape index (κ2) is 10.9. The molecule has 1 atom stereocenters. The fourth-order valence-electron chi connectivity index (χ4n) is 6.85. The van der Waals surface area contributed by atoms with Crippen LogP contribution in [0.15, 0.2) is 168 Å². The van der Waals surface area contributed by atoms with Crippen molar-refractivity contribution in [3.05, 3.63) is 169 Å². The van der Waals surface area contributed by atoms with E-state index in [9.17, 15) is 0 Å². The van der Waals surface area contributed by atoms with Crippen LogP contribution in [0.4, 0.5) is 0 Å². The molecule has 8 aromatic rings. The number of imidazole rings is 1. The summed E-state index contributed by atoms with van der Waals surface area (Å²) in [6.45, 7) is 0. The Kier molecular flexibility index (Phi) is 6.27. The summed E-state index contributed by atoms with van der Waals surface area (Å²) in [4.78, 5) is 5.14. The van der Waals surface area contributed by atoms with E-state index in [2.05, 4.69) is 156 Å². The van der Waals surface area contributed by atoms with Gasteiger partial charge in [-0.3, -0.25) is 4.57 Å². The summed E-state index contributed by atoms with van der Waals surface area (Å²) >= 11 is 0. The summed E-state index contributed by atoms with van der Waals surface area (Å²) in [7, 11) is 0. The van der Waals surface area contributed by atoms with Crippen molar-refractivity contribution in [1.82, 2.24) is 9.55 Å². The number of nitrogens with zero attached hydrogens (tertiary/aromatic N) is 2. The second-order valence-corrected chi connectivity index (χ2v) is 12.0. The molecule has 46 heavy (non-hydrogen) atoms. The summed E-state index contributed by atoms with van der Waals surface area (Å²) in [5.41, 5.74) is 11.8. The minimum absolute atomic E-state index is 0.372. The molecule has 1 unspecified atom stereocenters. The minimum atomic E-state index is 0.372. The maximum Gasteiger partial charge on any atom is 0.145 e. The van der Waals surface area contributed by atoms with Crippen molar-refractivity contribution in [3.63, 3.8) is 0 Å². The summed E-state index contributed by atoms with van der Waals surface area (Å²) in [6, 6.07) is 49.4. The van der Waals surface area contributed by atoms with E-state index in [0.717, 1.165) is 67.6 Å². The van der Waals surface area contributed by atoms with E-state index in [1.165, 1.54) is 16.7 Å². The van der Waals surface area contributed by atoms with Crippen LogP contribution in [0, 0.1) is 0 Å². The largest absolute Gasteiger partial charge is 0.455 e. The lowest BCUT2D eigenvalue weighted by atomic mass is 9.91. The molecule has 0 bridgehead atoms. The number of hydrogen-bond acceptors (Lipinski definition) is 2. The summed E-state index contributed by atoms with van der Waals surface area (Å²) in [5, 5.41) is 2.28. The van der Waals surface area contributed by atoms with E-state index in [1.807, 2.05) is 12.1 Å². The molecule has 0 aliphatic heterocycles. The van der Waals surface area contributed by atoms with E-state index in [4.69, 9.17) is 9.40 Å². The Morgan fingerprint density at radius 3 is 2.24 bits per heavy atom. The molecular formula is C43H30N2O. The zero-order valence-corrected chi connectivity index (χ0v) is 25.2. The third kappa shape index (κ3) is 4.48. The number of fused-ring (bicyclic) bond motifs is 4. The number of rotatable bonds is 5. The molecule has 0 fully saturated rings. The molecule has 9 rings (SSSR count). The van der Waals surface area contributed by atoms with Crippen molar-refractivity contribution in [2.45, 2.75) is 12.3 Å². The maximum atomic E-state index is 6.71. The lowest BCUT2D eigenvalue weighted by Gasteiger charge is -2.13. The molecule has 1 aliphatic rings. The topological polar surface area (TPSA) is 31.0 Å². The van der Waals surface area contributed by atoms with Crippen LogP contribution in [0.1, 0.15) is 17.9 Å². The monoisotopic (exact) mass is 590 g/mol. The van der Waals surface area contributed by atoms with Gasteiger partial charge in [0.25, 0.3) is 0 Å². The quantitative estimate of drug-likeness (QED) is 0.200. The Morgan fingerprint density at radius 1 is 0.609 bits per heavy atom. The van der Waals surface area contributed by atoms with Crippen molar-refractivity contribution in [2.24, 2.45) is 0 Å². The van der Waals surface area contributed by atoms with Gasteiger partial charge in [0, 0.05) is 33.5 Å². The third-order valence-corrected chi connectivity index (χ3v) is 9.12. The molecule has 0 amide bonds. The van der Waals surface area contributed by atoms with Crippen molar-refractivity contribution < 1.29 is 4.42 Å². The Balaban J connectivity index is 1.26. The van der Waals surface area contributed by atoms with Crippen molar-refractivity contribution in [1.29, 1.82) is 0 Å². The second-order valence-electron chi connectivity index (χ2n) is 12.0. The normalized spacial score (nSPS) is 14.5. The average molecular weight is 591 g/mol. The van der Waals surface area contributed by atoms with Gasteiger partial charge in [0.2, 0.25) is 0 Å². The maximum absolute atomic E-state index is 6.71. The van der Waals surface area contributed by atoms with Gasteiger partial charge in [-0.15, -0.1) is 0 Å². The molecule has 218 valence electrons. The van der Waals surface area contributed by atoms with Crippen molar-refractivity contribution >= 4 is 33.0 Å². The first-order chi connectivity index (χ1) is 22.8. The van der Waals surface area contributed by atoms with Crippen molar-refractivity contribution in [2.75, 3.05) is 0 Å². The Labute approximate surface area is 267 Å². The standard InChI is InChI=1S/C43H30N2O/c1-4-13-29(14-5-1)31-23-24-41-37(26-31)38-28-34(30-15-6-2-7-16-30)27-36(42(38)46-41)32-17-12-18-33(25-32)43-44-39-21-10-11-22-40(39)45(43)35-19-8-3-9-20-35/h1-13,15-29H,14H2. The number of para-hydroxylation sites is 3. The van der Waals surface area contributed by atoms with Crippen LogP contribution in [0.3, 0.4) is 0 Å². The first kappa shape index (κ1) is 26.5. The highest BCUT2D eigenvalue weighted by Gasteiger charge is 2.19. The summed E-state index contributed by atoms with van der Waals surface area (Å²) in [6.07, 6.45) is 9.82. The lowest BCUT2D eigenvalue weighted by molar-refractivity contribution is 0.669. The van der Waals surface area contributed by atoms with Crippen LogP contribution >= 0.6 is 0 Å². The van der Waals surface area contributed by atoms with Gasteiger partial charge in [0.15, 0.2) is 0 Å². The minimum Gasteiger partial charge on any atom is -0.455 e. The predicted molar refractivity (Wildman–Crippen MR) is 190 cm³/mol. The van der Waals surface area contributed by atoms with Crippen LogP contribution in [-0.4, -0.2) is 9.55 Å². The number of aromatic nitrogens is 2. The summed E-state index contributed by atoms with van der Waals surface area (Å²) < 4.78 is 8.96. The smallest absolute Gasteiger partial charge is 0.145 e. The molecule has 1 aliphatic carbocycles. The Hall–Kier alpha value is -5.93. The van der Waals surface area contributed by atoms with Crippen LogP contribution < -0.4 is 0 Å². The first-order valence-corrected chi connectivity index (χ1v) is 15.8. The van der Waals surface area contributed by atoms with Gasteiger partial charge < -0.3 is 4.42 Å². The first-order valence-electron chi connectivity index (χ1n) is 15.8. The average Bonchev–Trinajstić information content (AvgIpc) is 3.71. The fourth-order valence-corrected chi connectivity index (χ4v) is 6.85. The molecule has 0 spiro atoms. The highest BCUT2D eigenvalue weighted by atomic mass is 16.3. The Morgan fingerprint density at radius 2 is 1.39 bits per heavy atom. The van der Waals surface area contributed by atoms with Crippen LogP contribution in [-0.2, 0) is 0 Å². The van der Waals surface area contributed by atoms with E-state index < -0.39 is 0 Å². The molecular weight excluding hydrogens is 560 g/mol. The van der Waals surface area contributed by atoms with Crippen LogP contribution in [0.5, 0.6) is 0 Å². The molecule has 0 saturated heterocycles. The number of furan rings is 1. The van der Waals surface area contributed by atoms with Gasteiger partial charge in [-0.1, -0.05) is 109 Å². The molecule has 0 saturated carbocycles. The zero-order chi connectivity index (χ0) is 30.5. The molecule has 2 heterocycles. The van der Waals surface area contributed by atoms with Gasteiger partial charge in [-0.2, -0.15) is 0 Å². The van der Waals surface area contributed by atoms with Gasteiger partial charge in [0.05, 0.1) is 11.0 Å². The number of hydrogen-bond donors (Lipinski definition) is 0. The highest BCUT2D eigenvalue weighted by Crippen LogP contribution is 2.42. The lowest BCUT2D eigenvalue weighted by Crippen LogP contribution is -1.97. The molecule has 3 nitrogen and oxygen atoms in total. The molecule has 3 heteroatoms. The Bertz CT molecular complexity index is 2440. The van der Waals surface area contributed by atoms with Gasteiger partial charge in [-0.25, -0.2) is 4.98 Å².